The molecule has 0 saturated heterocycles. The van der Waals surface area contributed by atoms with Crippen molar-refractivity contribution in [2.24, 2.45) is 0 Å². The molecule has 6 heteroatoms. The van der Waals surface area contributed by atoms with Gasteiger partial charge in [-0.3, -0.25) is 14.2 Å². The van der Waals surface area contributed by atoms with Gasteiger partial charge >= 0.3 is 0 Å². The van der Waals surface area contributed by atoms with Gasteiger partial charge in [0.2, 0.25) is 5.91 Å². The molecule has 1 aliphatic rings. The number of aromatic nitrogens is 2. The van der Waals surface area contributed by atoms with E-state index in [4.69, 9.17) is 0 Å². The van der Waals surface area contributed by atoms with Gasteiger partial charge in [-0.2, -0.15) is 5.26 Å². The van der Waals surface area contributed by atoms with Crippen LogP contribution in [0.3, 0.4) is 0 Å². The molecule has 1 aromatic carbocycles. The fraction of sp³-hybridized carbons (Fsp3) is 0.375. The molecule has 1 saturated carbocycles. The molecule has 1 N–H and O–H groups in total. The molecule has 0 bridgehead atoms. The molecule has 1 fully saturated rings. The molecule has 0 aliphatic heterocycles. The number of nitrogens with zero attached hydrogens (tertiary/aromatic N) is 3. The Labute approximate surface area is 127 Å². The summed E-state index contributed by atoms with van der Waals surface area (Å²) >= 11 is 0. The number of amides is 1. The van der Waals surface area contributed by atoms with Gasteiger partial charge in [-0.1, -0.05) is 12.1 Å². The van der Waals surface area contributed by atoms with Crippen LogP contribution in [0.15, 0.2) is 35.3 Å². The Morgan fingerprint density at radius 1 is 1.36 bits per heavy atom. The molecule has 0 atom stereocenters. The first-order valence-corrected chi connectivity index (χ1v) is 7.30. The summed E-state index contributed by atoms with van der Waals surface area (Å²) in [5.74, 6) is -0.318. The van der Waals surface area contributed by atoms with Crippen LogP contribution < -0.4 is 10.9 Å². The van der Waals surface area contributed by atoms with Gasteiger partial charge in [0, 0.05) is 0 Å². The van der Waals surface area contributed by atoms with Crippen LogP contribution >= 0.6 is 0 Å². The summed E-state index contributed by atoms with van der Waals surface area (Å²) in [7, 11) is 0. The van der Waals surface area contributed by atoms with Gasteiger partial charge in [0.05, 0.1) is 23.3 Å². The molecule has 1 aliphatic carbocycles. The third-order valence-corrected chi connectivity index (χ3v) is 4.10. The molecular formula is C16H16N4O2. The van der Waals surface area contributed by atoms with Crippen LogP contribution in [-0.2, 0) is 11.3 Å². The highest BCUT2D eigenvalue weighted by Crippen LogP contribution is 2.28. The summed E-state index contributed by atoms with van der Waals surface area (Å²) in [6, 6.07) is 9.38. The van der Waals surface area contributed by atoms with Gasteiger partial charge in [-0.15, -0.1) is 0 Å². The van der Waals surface area contributed by atoms with Crippen molar-refractivity contribution in [2.75, 3.05) is 0 Å². The summed E-state index contributed by atoms with van der Waals surface area (Å²) in [6.45, 7) is -0.106. The number of rotatable bonds is 3. The number of carbonyl (C=O) groups is 1. The lowest BCUT2D eigenvalue weighted by molar-refractivity contribution is -0.123. The number of hydrogen-bond donors (Lipinski definition) is 1. The minimum atomic E-state index is -0.774. The van der Waals surface area contributed by atoms with Crippen molar-refractivity contribution < 1.29 is 4.79 Å². The third-order valence-electron chi connectivity index (χ3n) is 4.10. The SMILES string of the molecule is N#CC1(NC(=O)Cn2c(=O)cnc3ccccc32)CCCC1. The summed E-state index contributed by atoms with van der Waals surface area (Å²) in [4.78, 5) is 28.4. The molecule has 0 unspecified atom stereocenters. The van der Waals surface area contributed by atoms with E-state index in [1.54, 1.807) is 18.2 Å². The van der Waals surface area contributed by atoms with Crippen LogP contribution in [0.2, 0.25) is 0 Å². The molecular weight excluding hydrogens is 280 g/mol. The second-order valence-electron chi connectivity index (χ2n) is 5.62. The number of carbonyl (C=O) groups excluding carboxylic acids is 1. The Morgan fingerprint density at radius 3 is 2.82 bits per heavy atom. The van der Waals surface area contributed by atoms with Crippen LogP contribution in [0, 0.1) is 11.3 Å². The fourth-order valence-electron chi connectivity index (χ4n) is 2.97. The summed E-state index contributed by atoms with van der Waals surface area (Å²) in [5.41, 5.74) is 0.170. The zero-order valence-corrected chi connectivity index (χ0v) is 12.1. The zero-order valence-electron chi connectivity index (χ0n) is 12.1. The normalized spacial score (nSPS) is 16.3. The minimum Gasteiger partial charge on any atom is -0.336 e. The molecule has 0 radical (unpaired) electrons. The summed E-state index contributed by atoms with van der Waals surface area (Å²) < 4.78 is 1.39. The maximum Gasteiger partial charge on any atom is 0.269 e. The number of benzene rings is 1. The lowest BCUT2D eigenvalue weighted by atomic mass is 10.00. The van der Waals surface area contributed by atoms with E-state index in [2.05, 4.69) is 16.4 Å². The Bertz CT molecular complexity index is 813. The largest absolute Gasteiger partial charge is 0.336 e. The summed E-state index contributed by atoms with van der Waals surface area (Å²) in [6.07, 6.45) is 4.42. The number of fused-ring (bicyclic) bond motifs is 1. The average Bonchev–Trinajstić information content (AvgIpc) is 2.99. The first-order valence-electron chi connectivity index (χ1n) is 7.30. The predicted octanol–water partition coefficient (Wildman–Crippen LogP) is 1.35. The van der Waals surface area contributed by atoms with Gasteiger partial charge in [0.1, 0.15) is 12.1 Å². The Morgan fingerprint density at radius 2 is 2.09 bits per heavy atom. The molecule has 2 aromatic rings. The van der Waals surface area contributed by atoms with E-state index in [0.29, 0.717) is 23.9 Å². The molecule has 112 valence electrons. The first-order chi connectivity index (χ1) is 10.6. The van der Waals surface area contributed by atoms with E-state index in [1.165, 1.54) is 10.8 Å². The monoisotopic (exact) mass is 296 g/mol. The highest BCUT2D eigenvalue weighted by atomic mass is 16.2. The topological polar surface area (TPSA) is 87.8 Å². The van der Waals surface area contributed by atoms with Crippen LogP contribution in [0.25, 0.3) is 11.0 Å². The Hall–Kier alpha value is -2.68. The van der Waals surface area contributed by atoms with E-state index >= 15 is 0 Å². The Kier molecular flexibility index (Phi) is 3.63. The highest BCUT2D eigenvalue weighted by Gasteiger charge is 2.35. The molecule has 6 nitrogen and oxygen atoms in total. The van der Waals surface area contributed by atoms with Crippen molar-refractivity contribution in [2.45, 2.75) is 37.8 Å². The molecule has 3 rings (SSSR count). The van der Waals surface area contributed by atoms with Crippen molar-refractivity contribution in [3.8, 4) is 6.07 Å². The van der Waals surface area contributed by atoms with Gasteiger partial charge in [0.25, 0.3) is 5.56 Å². The molecule has 0 spiro atoms. The van der Waals surface area contributed by atoms with Crippen molar-refractivity contribution in [1.29, 1.82) is 5.26 Å². The quantitative estimate of drug-likeness (QED) is 0.926. The number of nitriles is 1. The first kappa shape index (κ1) is 14.3. The van der Waals surface area contributed by atoms with Gasteiger partial charge in [-0.25, -0.2) is 4.98 Å². The highest BCUT2D eigenvalue weighted by molar-refractivity contribution is 5.80. The summed E-state index contributed by atoms with van der Waals surface area (Å²) in [5, 5.41) is 12.1. The van der Waals surface area contributed by atoms with E-state index in [9.17, 15) is 14.9 Å². The minimum absolute atomic E-state index is 0.106. The maximum atomic E-state index is 12.3. The smallest absolute Gasteiger partial charge is 0.269 e. The maximum absolute atomic E-state index is 12.3. The molecule has 22 heavy (non-hydrogen) atoms. The number of hydrogen-bond acceptors (Lipinski definition) is 4. The van der Waals surface area contributed by atoms with E-state index < -0.39 is 5.54 Å². The van der Waals surface area contributed by atoms with Crippen molar-refractivity contribution in [3.63, 3.8) is 0 Å². The van der Waals surface area contributed by atoms with E-state index in [1.807, 2.05) is 6.07 Å². The van der Waals surface area contributed by atoms with Crippen molar-refractivity contribution >= 4 is 16.9 Å². The van der Waals surface area contributed by atoms with Crippen LogP contribution in [0.1, 0.15) is 25.7 Å². The van der Waals surface area contributed by atoms with Crippen LogP contribution in [0.5, 0.6) is 0 Å². The molecule has 1 heterocycles. The fourth-order valence-corrected chi connectivity index (χ4v) is 2.97. The van der Waals surface area contributed by atoms with Gasteiger partial charge in [-0.05, 0) is 37.8 Å². The number of para-hydroxylation sites is 2. The van der Waals surface area contributed by atoms with E-state index in [0.717, 1.165) is 12.8 Å². The second kappa shape index (κ2) is 5.60. The lowest BCUT2D eigenvalue weighted by Crippen LogP contribution is -2.47. The van der Waals surface area contributed by atoms with Crippen LogP contribution in [-0.4, -0.2) is 21.0 Å². The van der Waals surface area contributed by atoms with E-state index in [-0.39, 0.29) is 18.0 Å². The van der Waals surface area contributed by atoms with Crippen LogP contribution in [0.4, 0.5) is 0 Å². The number of nitrogens with one attached hydrogen (secondary N) is 1. The van der Waals surface area contributed by atoms with Gasteiger partial charge in [0.15, 0.2) is 0 Å². The average molecular weight is 296 g/mol. The third kappa shape index (κ3) is 2.58. The Balaban J connectivity index is 1.87. The van der Waals surface area contributed by atoms with Crippen molar-refractivity contribution in [3.05, 3.63) is 40.8 Å². The lowest BCUT2D eigenvalue weighted by Gasteiger charge is -2.22. The molecule has 1 aromatic heterocycles. The standard InChI is InChI=1S/C16H16N4O2/c17-11-16(7-3-4-8-16)19-14(21)10-20-13-6-2-1-5-12(13)18-9-15(20)22/h1-2,5-6,9H,3-4,7-8,10H2,(H,19,21). The predicted molar refractivity (Wildman–Crippen MR) is 81.0 cm³/mol. The molecule has 1 amide bonds. The second-order valence-corrected chi connectivity index (χ2v) is 5.62. The van der Waals surface area contributed by atoms with Gasteiger partial charge < -0.3 is 5.32 Å². The van der Waals surface area contributed by atoms with Crippen molar-refractivity contribution in [1.82, 2.24) is 14.9 Å². The zero-order chi connectivity index (χ0) is 15.6.